The van der Waals surface area contributed by atoms with E-state index >= 15 is 0 Å². The van der Waals surface area contributed by atoms with E-state index in [1.807, 2.05) is 25.1 Å². The fourth-order valence-electron chi connectivity index (χ4n) is 2.68. The van der Waals surface area contributed by atoms with Crippen molar-refractivity contribution in [1.82, 2.24) is 25.0 Å². The monoisotopic (exact) mass is 362 g/mol. The first-order chi connectivity index (χ1) is 12.5. The summed E-state index contributed by atoms with van der Waals surface area (Å²) in [6.45, 7) is 2.45. The standard InChI is InChI=1S/C17H14N8S/c1-9-4-10(2-3-12(9)19)7-25-16-15(23-24-25)14(21-17(20)22-16)13-5-11(6-18)8-26-13/h2-5,8H,7,19H2,1H3,(H2,20,21,22). The van der Waals surface area contributed by atoms with E-state index in [2.05, 4.69) is 26.3 Å². The maximum atomic E-state index is 9.03. The number of fused-ring (bicyclic) bond motifs is 1. The van der Waals surface area contributed by atoms with E-state index < -0.39 is 0 Å². The Balaban J connectivity index is 1.80. The molecular weight excluding hydrogens is 348 g/mol. The Labute approximate surface area is 152 Å². The smallest absolute Gasteiger partial charge is 0.222 e. The zero-order valence-corrected chi connectivity index (χ0v) is 14.7. The van der Waals surface area contributed by atoms with Crippen molar-refractivity contribution in [3.05, 3.63) is 46.3 Å². The number of nitrogens with zero attached hydrogens (tertiary/aromatic N) is 6. The maximum Gasteiger partial charge on any atom is 0.222 e. The molecule has 26 heavy (non-hydrogen) atoms. The fraction of sp³-hybridized carbons (Fsp3) is 0.118. The molecule has 0 spiro atoms. The van der Waals surface area contributed by atoms with E-state index in [-0.39, 0.29) is 5.95 Å². The highest BCUT2D eigenvalue weighted by Gasteiger charge is 2.17. The molecule has 0 aliphatic heterocycles. The van der Waals surface area contributed by atoms with Gasteiger partial charge in [-0.3, -0.25) is 0 Å². The molecule has 3 aromatic heterocycles. The molecule has 0 radical (unpaired) electrons. The lowest BCUT2D eigenvalue weighted by Crippen LogP contribution is -2.05. The van der Waals surface area contributed by atoms with Gasteiger partial charge in [0.15, 0.2) is 11.2 Å². The molecule has 0 aliphatic carbocycles. The molecule has 0 aliphatic rings. The second kappa shape index (κ2) is 6.09. The van der Waals surface area contributed by atoms with Crippen LogP contribution in [0.3, 0.4) is 0 Å². The third kappa shape index (κ3) is 2.72. The summed E-state index contributed by atoms with van der Waals surface area (Å²) < 4.78 is 1.68. The number of aryl methyl sites for hydroxylation is 1. The zero-order chi connectivity index (χ0) is 18.3. The molecule has 4 aromatic rings. The maximum absolute atomic E-state index is 9.03. The fourth-order valence-corrected chi connectivity index (χ4v) is 3.50. The molecule has 4 N–H and O–H groups in total. The lowest BCUT2D eigenvalue weighted by atomic mass is 10.1. The number of hydrogen-bond donors (Lipinski definition) is 2. The van der Waals surface area contributed by atoms with Gasteiger partial charge in [-0.1, -0.05) is 17.3 Å². The first-order valence-corrected chi connectivity index (χ1v) is 8.64. The molecule has 0 saturated heterocycles. The van der Waals surface area contributed by atoms with Gasteiger partial charge in [0, 0.05) is 11.1 Å². The summed E-state index contributed by atoms with van der Waals surface area (Å²) in [7, 11) is 0. The topological polar surface area (TPSA) is 132 Å². The number of nitrogen functional groups attached to an aromatic ring is 2. The minimum Gasteiger partial charge on any atom is -0.399 e. The van der Waals surface area contributed by atoms with Crippen LogP contribution in [0.1, 0.15) is 16.7 Å². The van der Waals surface area contributed by atoms with E-state index in [1.54, 1.807) is 16.1 Å². The quantitative estimate of drug-likeness (QED) is 0.534. The average molecular weight is 362 g/mol. The molecule has 0 bridgehead atoms. The van der Waals surface area contributed by atoms with Gasteiger partial charge in [-0.05, 0) is 30.2 Å². The van der Waals surface area contributed by atoms with Crippen molar-refractivity contribution in [2.24, 2.45) is 0 Å². The number of aromatic nitrogens is 5. The lowest BCUT2D eigenvalue weighted by Gasteiger charge is -2.06. The van der Waals surface area contributed by atoms with Gasteiger partial charge in [0.2, 0.25) is 5.95 Å². The molecule has 0 fully saturated rings. The summed E-state index contributed by atoms with van der Waals surface area (Å²) >= 11 is 1.41. The van der Waals surface area contributed by atoms with E-state index in [0.29, 0.717) is 29.0 Å². The van der Waals surface area contributed by atoms with Crippen LogP contribution in [0, 0.1) is 18.3 Å². The van der Waals surface area contributed by atoms with Crippen molar-refractivity contribution in [1.29, 1.82) is 5.26 Å². The molecule has 0 atom stereocenters. The minimum absolute atomic E-state index is 0.136. The summed E-state index contributed by atoms with van der Waals surface area (Å²) in [5, 5.41) is 19.3. The Morgan fingerprint density at radius 2 is 2.08 bits per heavy atom. The van der Waals surface area contributed by atoms with Gasteiger partial charge in [0.1, 0.15) is 11.8 Å². The van der Waals surface area contributed by atoms with Crippen molar-refractivity contribution in [2.45, 2.75) is 13.5 Å². The Morgan fingerprint density at radius 1 is 1.23 bits per heavy atom. The number of benzene rings is 1. The highest BCUT2D eigenvalue weighted by Crippen LogP contribution is 2.30. The summed E-state index contributed by atoms with van der Waals surface area (Å²) in [6.07, 6.45) is 0. The molecule has 0 saturated carbocycles. The van der Waals surface area contributed by atoms with E-state index in [9.17, 15) is 0 Å². The molecule has 1 aromatic carbocycles. The number of nitrogens with two attached hydrogens (primary N) is 2. The second-order valence-electron chi connectivity index (χ2n) is 5.85. The van der Waals surface area contributed by atoms with Crippen LogP contribution in [0.4, 0.5) is 11.6 Å². The van der Waals surface area contributed by atoms with Crippen LogP contribution in [0.15, 0.2) is 29.6 Å². The molecular formula is C17H14N8S. The van der Waals surface area contributed by atoms with E-state index in [1.165, 1.54) is 11.3 Å². The predicted molar refractivity (Wildman–Crippen MR) is 100 cm³/mol. The van der Waals surface area contributed by atoms with Crippen LogP contribution in [-0.4, -0.2) is 25.0 Å². The third-order valence-corrected chi connectivity index (χ3v) is 4.95. The predicted octanol–water partition coefficient (Wildman–Crippen LogP) is 2.34. The zero-order valence-electron chi connectivity index (χ0n) is 13.8. The van der Waals surface area contributed by atoms with E-state index in [4.69, 9.17) is 16.7 Å². The number of thiophene rings is 1. The number of rotatable bonds is 3. The molecule has 128 valence electrons. The minimum atomic E-state index is 0.136. The highest BCUT2D eigenvalue weighted by atomic mass is 32.1. The van der Waals surface area contributed by atoms with E-state index in [0.717, 1.165) is 21.7 Å². The van der Waals surface area contributed by atoms with Gasteiger partial charge >= 0.3 is 0 Å². The lowest BCUT2D eigenvalue weighted by molar-refractivity contribution is 0.664. The van der Waals surface area contributed by atoms with Crippen molar-refractivity contribution < 1.29 is 0 Å². The van der Waals surface area contributed by atoms with Gasteiger partial charge in [0.05, 0.1) is 17.0 Å². The van der Waals surface area contributed by atoms with Crippen LogP contribution in [0.25, 0.3) is 21.7 Å². The van der Waals surface area contributed by atoms with Gasteiger partial charge in [-0.15, -0.1) is 16.4 Å². The second-order valence-corrected chi connectivity index (χ2v) is 6.76. The van der Waals surface area contributed by atoms with Gasteiger partial charge in [0.25, 0.3) is 0 Å². The number of hydrogen-bond acceptors (Lipinski definition) is 8. The molecule has 8 nitrogen and oxygen atoms in total. The van der Waals surface area contributed by atoms with Crippen molar-refractivity contribution in [3.63, 3.8) is 0 Å². The van der Waals surface area contributed by atoms with Crippen molar-refractivity contribution in [2.75, 3.05) is 11.5 Å². The summed E-state index contributed by atoms with van der Waals surface area (Å²) in [5.74, 6) is 0.136. The Kier molecular flexibility index (Phi) is 3.74. The summed E-state index contributed by atoms with van der Waals surface area (Å²) in [6, 6.07) is 9.69. The van der Waals surface area contributed by atoms with Crippen LogP contribution in [-0.2, 0) is 6.54 Å². The average Bonchev–Trinajstić information content (AvgIpc) is 3.25. The van der Waals surface area contributed by atoms with Crippen molar-refractivity contribution >= 4 is 34.1 Å². The van der Waals surface area contributed by atoms with Crippen LogP contribution >= 0.6 is 11.3 Å². The molecule has 3 heterocycles. The largest absolute Gasteiger partial charge is 0.399 e. The van der Waals surface area contributed by atoms with Crippen molar-refractivity contribution in [3.8, 4) is 16.6 Å². The molecule has 0 amide bonds. The van der Waals surface area contributed by atoms with Crippen LogP contribution in [0.5, 0.6) is 0 Å². The van der Waals surface area contributed by atoms with Gasteiger partial charge < -0.3 is 11.5 Å². The Hall–Kier alpha value is -3.51. The SMILES string of the molecule is Cc1cc(Cn2nnc3c(-c4cc(C#N)cs4)nc(N)nc32)ccc1N. The molecule has 4 rings (SSSR count). The van der Waals surface area contributed by atoms with Gasteiger partial charge in [-0.25, -0.2) is 9.67 Å². The first kappa shape index (κ1) is 16.0. The highest BCUT2D eigenvalue weighted by molar-refractivity contribution is 7.13. The third-order valence-electron chi connectivity index (χ3n) is 4.01. The molecule has 0 unspecified atom stereocenters. The van der Waals surface area contributed by atoms with Crippen LogP contribution in [0.2, 0.25) is 0 Å². The summed E-state index contributed by atoms with van der Waals surface area (Å²) in [4.78, 5) is 9.41. The summed E-state index contributed by atoms with van der Waals surface area (Å²) in [5.41, 5.74) is 16.8. The number of anilines is 2. The Morgan fingerprint density at radius 3 is 2.81 bits per heavy atom. The van der Waals surface area contributed by atoms with Crippen LogP contribution < -0.4 is 11.5 Å². The Bertz CT molecular complexity index is 1170. The number of nitriles is 1. The first-order valence-electron chi connectivity index (χ1n) is 7.76. The molecule has 9 heteroatoms. The normalized spacial score (nSPS) is 10.9. The van der Waals surface area contributed by atoms with Gasteiger partial charge in [-0.2, -0.15) is 10.2 Å².